The highest BCUT2D eigenvalue weighted by Crippen LogP contribution is 2.13. The van der Waals surface area contributed by atoms with E-state index in [0.29, 0.717) is 12.1 Å². The fourth-order valence-corrected chi connectivity index (χ4v) is 2.15. The molecule has 4 nitrogen and oxygen atoms in total. The minimum Gasteiger partial charge on any atom is -0.377 e. The average Bonchev–Trinajstić information content (AvgIpc) is 2.82. The zero-order valence-corrected chi connectivity index (χ0v) is 10.4. The Labute approximate surface area is 97.0 Å². The van der Waals surface area contributed by atoms with Gasteiger partial charge in [-0.15, -0.1) is 0 Å². The Bertz CT molecular complexity index is 348. The van der Waals surface area contributed by atoms with Crippen molar-refractivity contribution in [1.29, 1.82) is 0 Å². The number of aryl methyl sites for hydroxylation is 2. The summed E-state index contributed by atoms with van der Waals surface area (Å²) in [4.78, 5) is 0. The second-order valence-corrected chi connectivity index (χ2v) is 4.46. The number of ether oxygens (including phenoxy) is 1. The molecule has 1 N–H and O–H groups in total. The van der Waals surface area contributed by atoms with Gasteiger partial charge in [0.1, 0.15) is 0 Å². The van der Waals surface area contributed by atoms with Gasteiger partial charge in [-0.3, -0.25) is 4.68 Å². The van der Waals surface area contributed by atoms with Gasteiger partial charge in [0.25, 0.3) is 0 Å². The molecule has 0 bridgehead atoms. The molecule has 1 aromatic rings. The highest BCUT2D eigenvalue weighted by atomic mass is 16.5. The van der Waals surface area contributed by atoms with Crippen LogP contribution >= 0.6 is 0 Å². The van der Waals surface area contributed by atoms with E-state index < -0.39 is 0 Å². The van der Waals surface area contributed by atoms with Crippen LogP contribution < -0.4 is 5.32 Å². The molecule has 1 aliphatic rings. The molecule has 0 saturated carbocycles. The molecule has 90 valence electrons. The zero-order valence-electron chi connectivity index (χ0n) is 10.4. The summed E-state index contributed by atoms with van der Waals surface area (Å²) in [6.45, 7) is 6.02. The molecule has 0 aliphatic carbocycles. The van der Waals surface area contributed by atoms with E-state index in [-0.39, 0.29) is 0 Å². The van der Waals surface area contributed by atoms with E-state index in [4.69, 9.17) is 4.74 Å². The van der Waals surface area contributed by atoms with Crippen molar-refractivity contribution in [2.45, 2.75) is 45.4 Å². The maximum atomic E-state index is 5.53. The Hall–Kier alpha value is -0.870. The molecule has 0 aromatic carbocycles. The lowest BCUT2D eigenvalue weighted by Crippen LogP contribution is -2.34. The van der Waals surface area contributed by atoms with E-state index in [0.717, 1.165) is 31.7 Å². The Morgan fingerprint density at radius 3 is 3.00 bits per heavy atom. The molecule has 0 radical (unpaired) electrons. The van der Waals surface area contributed by atoms with Crippen LogP contribution in [0.15, 0.2) is 6.07 Å². The lowest BCUT2D eigenvalue weighted by atomic mass is 10.1. The van der Waals surface area contributed by atoms with E-state index >= 15 is 0 Å². The Kier molecular flexibility index (Phi) is 3.61. The van der Waals surface area contributed by atoms with Gasteiger partial charge in [-0.25, -0.2) is 0 Å². The normalized spacial score (nSPS) is 25.2. The lowest BCUT2D eigenvalue weighted by Gasteiger charge is -2.15. The number of hydrogen-bond acceptors (Lipinski definition) is 3. The van der Waals surface area contributed by atoms with Crippen molar-refractivity contribution in [3.8, 4) is 0 Å². The predicted octanol–water partition coefficient (Wildman–Crippen LogP) is 1.25. The molecule has 1 fully saturated rings. The smallest absolute Gasteiger partial charge is 0.0700 e. The van der Waals surface area contributed by atoms with Gasteiger partial charge >= 0.3 is 0 Å². The van der Waals surface area contributed by atoms with Crippen LogP contribution in [0.3, 0.4) is 0 Å². The van der Waals surface area contributed by atoms with Crippen molar-refractivity contribution in [3.05, 3.63) is 17.5 Å². The van der Waals surface area contributed by atoms with Crippen LogP contribution in [0.25, 0.3) is 0 Å². The predicted molar refractivity (Wildman–Crippen MR) is 63.2 cm³/mol. The molecule has 4 heteroatoms. The third kappa shape index (κ3) is 2.44. The van der Waals surface area contributed by atoms with E-state index in [1.165, 1.54) is 5.69 Å². The summed E-state index contributed by atoms with van der Waals surface area (Å²) in [5, 5.41) is 7.98. The summed E-state index contributed by atoms with van der Waals surface area (Å²) in [5.74, 6) is 0. The van der Waals surface area contributed by atoms with E-state index in [1.807, 2.05) is 11.7 Å². The lowest BCUT2D eigenvalue weighted by molar-refractivity contribution is 0.113. The third-order valence-corrected chi connectivity index (χ3v) is 3.31. The Balaban J connectivity index is 1.91. The molecule has 2 unspecified atom stereocenters. The van der Waals surface area contributed by atoms with Crippen molar-refractivity contribution in [3.63, 3.8) is 0 Å². The van der Waals surface area contributed by atoms with Crippen molar-refractivity contribution in [1.82, 2.24) is 15.1 Å². The van der Waals surface area contributed by atoms with Gasteiger partial charge in [-0.1, -0.05) is 6.92 Å². The van der Waals surface area contributed by atoms with Gasteiger partial charge < -0.3 is 10.1 Å². The summed E-state index contributed by atoms with van der Waals surface area (Å²) in [6.07, 6.45) is 2.44. The number of nitrogens with one attached hydrogen (secondary N) is 1. The SMILES string of the molecule is CCc1cc(CNC2CCOC2C)n(C)n1. The van der Waals surface area contributed by atoms with Crippen molar-refractivity contribution < 1.29 is 4.74 Å². The van der Waals surface area contributed by atoms with Crippen molar-refractivity contribution >= 4 is 0 Å². The highest BCUT2D eigenvalue weighted by Gasteiger charge is 2.23. The van der Waals surface area contributed by atoms with Gasteiger partial charge in [0.2, 0.25) is 0 Å². The first kappa shape index (κ1) is 11.6. The fraction of sp³-hybridized carbons (Fsp3) is 0.750. The third-order valence-electron chi connectivity index (χ3n) is 3.31. The Morgan fingerprint density at radius 1 is 1.62 bits per heavy atom. The van der Waals surface area contributed by atoms with Crippen LogP contribution in [0.5, 0.6) is 0 Å². The van der Waals surface area contributed by atoms with Gasteiger partial charge in [-0.05, 0) is 25.8 Å². The number of rotatable bonds is 4. The first-order valence-electron chi connectivity index (χ1n) is 6.07. The molecular weight excluding hydrogens is 202 g/mol. The molecule has 1 aliphatic heterocycles. The van der Waals surface area contributed by atoms with Gasteiger partial charge in [-0.2, -0.15) is 5.10 Å². The number of aromatic nitrogens is 2. The summed E-state index contributed by atoms with van der Waals surface area (Å²) in [6, 6.07) is 2.66. The average molecular weight is 223 g/mol. The summed E-state index contributed by atoms with van der Waals surface area (Å²) in [5.41, 5.74) is 2.41. The van der Waals surface area contributed by atoms with Crippen LogP contribution in [0.2, 0.25) is 0 Å². The summed E-state index contributed by atoms with van der Waals surface area (Å²) >= 11 is 0. The first-order chi connectivity index (χ1) is 7.70. The summed E-state index contributed by atoms with van der Waals surface area (Å²) < 4.78 is 7.49. The van der Waals surface area contributed by atoms with Gasteiger partial charge in [0.15, 0.2) is 0 Å². The summed E-state index contributed by atoms with van der Waals surface area (Å²) in [7, 11) is 2.00. The maximum absolute atomic E-state index is 5.53. The standard InChI is InChI=1S/C12H21N3O/c1-4-10-7-11(15(3)14-10)8-13-12-5-6-16-9(12)2/h7,9,12-13H,4-6,8H2,1-3H3. The monoisotopic (exact) mass is 223 g/mol. The van der Waals surface area contributed by atoms with Gasteiger partial charge in [0, 0.05) is 26.2 Å². The quantitative estimate of drug-likeness (QED) is 0.835. The first-order valence-corrected chi connectivity index (χ1v) is 6.07. The van der Waals surface area contributed by atoms with Crippen molar-refractivity contribution in [2.75, 3.05) is 6.61 Å². The largest absolute Gasteiger partial charge is 0.377 e. The Morgan fingerprint density at radius 2 is 2.44 bits per heavy atom. The van der Waals surface area contributed by atoms with Crippen LogP contribution in [0.1, 0.15) is 31.7 Å². The topological polar surface area (TPSA) is 39.1 Å². The maximum Gasteiger partial charge on any atom is 0.0700 e. The minimum atomic E-state index is 0.332. The molecule has 2 atom stereocenters. The number of nitrogens with zero attached hydrogens (tertiary/aromatic N) is 2. The molecule has 2 heterocycles. The zero-order chi connectivity index (χ0) is 11.5. The molecule has 0 spiro atoms. The second kappa shape index (κ2) is 4.97. The number of hydrogen-bond donors (Lipinski definition) is 1. The molecule has 16 heavy (non-hydrogen) atoms. The van der Waals surface area contributed by atoms with Crippen LogP contribution in [-0.4, -0.2) is 28.5 Å². The molecule has 1 aromatic heterocycles. The fourth-order valence-electron chi connectivity index (χ4n) is 2.15. The molecular formula is C12H21N3O. The van der Waals surface area contributed by atoms with Crippen molar-refractivity contribution in [2.24, 2.45) is 7.05 Å². The van der Waals surface area contributed by atoms with Crippen LogP contribution in [0, 0.1) is 0 Å². The van der Waals surface area contributed by atoms with E-state index in [2.05, 4.69) is 30.3 Å². The second-order valence-electron chi connectivity index (χ2n) is 4.46. The van der Waals surface area contributed by atoms with Crippen LogP contribution in [-0.2, 0) is 24.8 Å². The molecule has 0 amide bonds. The van der Waals surface area contributed by atoms with E-state index in [9.17, 15) is 0 Å². The highest BCUT2D eigenvalue weighted by molar-refractivity contribution is 5.10. The van der Waals surface area contributed by atoms with E-state index in [1.54, 1.807) is 0 Å². The van der Waals surface area contributed by atoms with Gasteiger partial charge in [0.05, 0.1) is 17.5 Å². The van der Waals surface area contributed by atoms with Crippen LogP contribution in [0.4, 0.5) is 0 Å². The molecule has 2 rings (SSSR count). The molecule has 1 saturated heterocycles. The minimum absolute atomic E-state index is 0.332.